The minimum absolute atomic E-state index is 0.353. The lowest BCUT2D eigenvalue weighted by molar-refractivity contribution is 0.0671. The van der Waals surface area contributed by atoms with Crippen LogP contribution in [0.3, 0.4) is 0 Å². The van der Waals surface area contributed by atoms with Crippen molar-refractivity contribution in [3.8, 4) is 0 Å². The highest BCUT2D eigenvalue weighted by atomic mass is 127. The fourth-order valence-electron chi connectivity index (χ4n) is 2.04. The zero-order valence-corrected chi connectivity index (χ0v) is 17.6. The van der Waals surface area contributed by atoms with Gasteiger partial charge in [-0.15, -0.1) is 0 Å². The number of morpholine rings is 1. The van der Waals surface area contributed by atoms with Gasteiger partial charge in [0.15, 0.2) is 5.11 Å². The van der Waals surface area contributed by atoms with E-state index in [1.54, 1.807) is 12.1 Å². The summed E-state index contributed by atoms with van der Waals surface area (Å²) >= 11 is 25.4. The van der Waals surface area contributed by atoms with Gasteiger partial charge in [0.1, 0.15) is 6.17 Å². The molecule has 0 bridgehead atoms. The predicted molar refractivity (Wildman–Crippen MR) is 109 cm³/mol. The van der Waals surface area contributed by atoms with E-state index in [4.69, 9.17) is 51.8 Å². The first-order valence-electron chi connectivity index (χ1n) is 7.04. The average Bonchev–Trinajstić information content (AvgIpc) is 2.54. The van der Waals surface area contributed by atoms with E-state index in [1.807, 2.05) is 17.0 Å². The number of benzene rings is 1. The summed E-state index contributed by atoms with van der Waals surface area (Å²) in [4.78, 5) is 14.4. The summed E-state index contributed by atoms with van der Waals surface area (Å²) in [6.07, 6.45) is -0.971. The number of amides is 1. The third kappa shape index (κ3) is 5.74. The van der Waals surface area contributed by atoms with Crippen molar-refractivity contribution in [1.29, 1.82) is 0 Å². The molecule has 1 aliphatic rings. The molecule has 1 aromatic carbocycles. The van der Waals surface area contributed by atoms with Gasteiger partial charge >= 0.3 is 0 Å². The van der Waals surface area contributed by atoms with Gasteiger partial charge in [-0.3, -0.25) is 4.79 Å². The normalized spacial score (nSPS) is 16.4. The van der Waals surface area contributed by atoms with Crippen LogP contribution < -0.4 is 10.6 Å². The molecular formula is C14H15Cl3IN3O2S. The van der Waals surface area contributed by atoms with Crippen LogP contribution in [0.2, 0.25) is 0 Å². The molecule has 0 saturated carbocycles. The van der Waals surface area contributed by atoms with Gasteiger partial charge < -0.3 is 20.3 Å². The van der Waals surface area contributed by atoms with E-state index in [2.05, 4.69) is 33.2 Å². The van der Waals surface area contributed by atoms with Crippen molar-refractivity contribution in [3.05, 3.63) is 33.4 Å². The van der Waals surface area contributed by atoms with Crippen molar-refractivity contribution in [2.45, 2.75) is 9.96 Å². The number of hydrogen-bond acceptors (Lipinski definition) is 3. The van der Waals surface area contributed by atoms with Crippen LogP contribution in [0.15, 0.2) is 24.3 Å². The highest BCUT2D eigenvalue weighted by Gasteiger charge is 2.35. The first-order valence-corrected chi connectivity index (χ1v) is 9.66. The smallest absolute Gasteiger partial charge is 0.254 e. The number of nitrogens with zero attached hydrogens (tertiary/aromatic N) is 1. The van der Waals surface area contributed by atoms with Crippen molar-refractivity contribution in [3.63, 3.8) is 0 Å². The van der Waals surface area contributed by atoms with Crippen LogP contribution in [-0.2, 0) is 4.74 Å². The standard InChI is InChI=1S/C14H15Cl3IN3O2S/c15-14(16,17)12(20-13(24)21-5-7-23-8-6-21)19-11(22)9-3-1-2-4-10(9)18/h1-4,12H,5-8H2,(H,19,22)(H,20,24). The van der Waals surface area contributed by atoms with Crippen molar-refractivity contribution in [2.24, 2.45) is 0 Å². The highest BCUT2D eigenvalue weighted by molar-refractivity contribution is 14.1. The molecule has 0 spiro atoms. The summed E-state index contributed by atoms with van der Waals surface area (Å²) in [5.74, 6) is -0.353. The Hall–Kier alpha value is -0.0600. The molecule has 2 N–H and O–H groups in total. The lowest BCUT2D eigenvalue weighted by Gasteiger charge is -2.34. The molecule has 1 saturated heterocycles. The Morgan fingerprint density at radius 1 is 1.25 bits per heavy atom. The van der Waals surface area contributed by atoms with Gasteiger partial charge in [-0.05, 0) is 46.9 Å². The molecule has 1 aromatic rings. The monoisotopic (exact) mass is 521 g/mol. The van der Waals surface area contributed by atoms with Crippen LogP contribution in [-0.4, -0.2) is 52.2 Å². The second-order valence-corrected chi connectivity index (χ2v) is 8.89. The van der Waals surface area contributed by atoms with Crippen molar-refractivity contribution < 1.29 is 9.53 Å². The fourth-order valence-corrected chi connectivity index (χ4v) is 3.30. The summed E-state index contributed by atoms with van der Waals surface area (Å²) < 4.78 is 4.31. The molecule has 1 amide bonds. The summed E-state index contributed by atoms with van der Waals surface area (Å²) in [7, 11) is 0. The third-order valence-electron chi connectivity index (χ3n) is 3.29. The maximum absolute atomic E-state index is 12.5. The van der Waals surface area contributed by atoms with E-state index < -0.39 is 9.96 Å². The largest absolute Gasteiger partial charge is 0.378 e. The molecule has 2 rings (SSSR count). The number of carbonyl (C=O) groups is 1. The number of halogens is 4. The molecule has 24 heavy (non-hydrogen) atoms. The van der Waals surface area contributed by atoms with Gasteiger partial charge in [-0.1, -0.05) is 46.9 Å². The van der Waals surface area contributed by atoms with Crippen molar-refractivity contribution >= 4 is 80.6 Å². The van der Waals surface area contributed by atoms with Crippen molar-refractivity contribution in [2.75, 3.05) is 26.3 Å². The quantitative estimate of drug-likeness (QED) is 0.277. The minimum atomic E-state index is -1.77. The first-order chi connectivity index (χ1) is 11.3. The first kappa shape index (κ1) is 20.3. The fraction of sp³-hybridized carbons (Fsp3) is 0.429. The highest BCUT2D eigenvalue weighted by Crippen LogP contribution is 2.29. The van der Waals surface area contributed by atoms with Gasteiger partial charge in [-0.25, -0.2) is 0 Å². The van der Waals surface area contributed by atoms with E-state index in [1.165, 1.54) is 0 Å². The molecule has 1 fully saturated rings. The summed E-state index contributed by atoms with van der Waals surface area (Å²) in [5, 5.41) is 6.01. The molecule has 1 atom stereocenters. The lowest BCUT2D eigenvalue weighted by atomic mass is 10.2. The van der Waals surface area contributed by atoms with Gasteiger partial charge in [0.2, 0.25) is 3.79 Å². The molecule has 1 heterocycles. The van der Waals surface area contributed by atoms with Gasteiger partial charge in [-0.2, -0.15) is 0 Å². The van der Waals surface area contributed by atoms with E-state index in [9.17, 15) is 4.79 Å². The number of rotatable bonds is 3. The molecule has 1 aliphatic heterocycles. The molecular weight excluding hydrogens is 508 g/mol. The molecule has 0 aliphatic carbocycles. The Labute approximate surface area is 174 Å². The third-order valence-corrected chi connectivity index (χ3v) is 5.26. The number of carbonyl (C=O) groups excluding carboxylic acids is 1. The number of thiocarbonyl (C=S) groups is 1. The molecule has 1 unspecified atom stereocenters. The molecule has 132 valence electrons. The number of alkyl halides is 3. The maximum atomic E-state index is 12.5. The SMILES string of the molecule is O=C(NC(NC(=S)N1CCOCC1)C(Cl)(Cl)Cl)c1ccccc1I. The van der Waals surface area contributed by atoms with Crippen LogP contribution in [0.25, 0.3) is 0 Å². The average molecular weight is 523 g/mol. The summed E-state index contributed by atoms with van der Waals surface area (Å²) in [6.45, 7) is 2.44. The Morgan fingerprint density at radius 2 is 1.88 bits per heavy atom. The Morgan fingerprint density at radius 3 is 2.46 bits per heavy atom. The minimum Gasteiger partial charge on any atom is -0.378 e. The van der Waals surface area contributed by atoms with Gasteiger partial charge in [0, 0.05) is 16.7 Å². The Bertz CT molecular complexity index is 609. The number of nitrogens with one attached hydrogen (secondary N) is 2. The Balaban J connectivity index is 2.07. The number of hydrogen-bond donors (Lipinski definition) is 2. The maximum Gasteiger partial charge on any atom is 0.254 e. The molecule has 0 radical (unpaired) electrons. The zero-order valence-electron chi connectivity index (χ0n) is 12.4. The summed E-state index contributed by atoms with van der Waals surface area (Å²) in [5.41, 5.74) is 0.497. The van der Waals surface area contributed by atoms with Crippen LogP contribution in [0.4, 0.5) is 0 Å². The topological polar surface area (TPSA) is 53.6 Å². The Kier molecular flexibility index (Phi) is 7.63. The zero-order chi connectivity index (χ0) is 17.7. The van der Waals surface area contributed by atoms with Crippen LogP contribution in [0, 0.1) is 3.57 Å². The second-order valence-electron chi connectivity index (χ2n) is 4.98. The van der Waals surface area contributed by atoms with E-state index in [0.717, 1.165) is 3.57 Å². The van der Waals surface area contributed by atoms with Crippen LogP contribution in [0.5, 0.6) is 0 Å². The van der Waals surface area contributed by atoms with E-state index in [-0.39, 0.29) is 5.91 Å². The molecule has 10 heteroatoms. The van der Waals surface area contributed by atoms with Gasteiger partial charge in [0.05, 0.1) is 18.8 Å². The number of ether oxygens (including phenoxy) is 1. The van der Waals surface area contributed by atoms with Crippen LogP contribution in [0.1, 0.15) is 10.4 Å². The van der Waals surface area contributed by atoms with Crippen molar-refractivity contribution in [1.82, 2.24) is 15.5 Å². The lowest BCUT2D eigenvalue weighted by Crippen LogP contribution is -2.59. The van der Waals surface area contributed by atoms with E-state index in [0.29, 0.717) is 37.0 Å². The molecule has 0 aromatic heterocycles. The second kappa shape index (κ2) is 9.05. The van der Waals surface area contributed by atoms with E-state index >= 15 is 0 Å². The van der Waals surface area contributed by atoms with Crippen LogP contribution >= 0.6 is 69.6 Å². The summed E-state index contributed by atoms with van der Waals surface area (Å²) in [6, 6.07) is 7.14. The predicted octanol–water partition coefficient (Wildman–Crippen LogP) is 2.92. The molecule has 5 nitrogen and oxygen atoms in total. The van der Waals surface area contributed by atoms with Gasteiger partial charge in [0.25, 0.3) is 5.91 Å².